The van der Waals surface area contributed by atoms with E-state index < -0.39 is 0 Å². The van der Waals surface area contributed by atoms with E-state index in [0.29, 0.717) is 37.1 Å². The second-order valence-corrected chi connectivity index (χ2v) is 10.7. The molecule has 2 aromatic rings. The Labute approximate surface area is 227 Å². The van der Waals surface area contributed by atoms with E-state index >= 15 is 0 Å². The molecule has 1 aliphatic heterocycles. The number of carbonyl (C=O) groups excluding carboxylic acids is 2. The fraction of sp³-hybridized carbons (Fsp3) is 0.517. The van der Waals surface area contributed by atoms with Crippen LogP contribution in [-0.4, -0.2) is 60.0 Å². The van der Waals surface area contributed by atoms with Gasteiger partial charge in [0.15, 0.2) is 0 Å². The van der Waals surface area contributed by atoms with Crippen LogP contribution in [-0.2, 0) is 21.4 Å². The number of amides is 2. The average Bonchev–Trinajstić information content (AvgIpc) is 2.83. The van der Waals surface area contributed by atoms with Crippen molar-refractivity contribution < 1.29 is 20.2 Å². The van der Waals surface area contributed by atoms with Gasteiger partial charge in [0.05, 0.1) is 12.5 Å². The monoisotopic (exact) mass is 533 g/mol. The van der Waals surface area contributed by atoms with E-state index in [4.69, 9.17) is 0 Å². The number of carbonyl (C=O) groups is 2. The lowest BCUT2D eigenvalue weighted by molar-refractivity contribution is -0.129. The first-order chi connectivity index (χ1) is 16.7. The molecule has 1 heterocycles. The summed E-state index contributed by atoms with van der Waals surface area (Å²) in [5.74, 6) is 0.553. The van der Waals surface area contributed by atoms with Crippen molar-refractivity contribution in [2.45, 2.75) is 46.0 Å². The fourth-order valence-electron chi connectivity index (χ4n) is 4.92. The van der Waals surface area contributed by atoms with Crippen LogP contribution < -0.4 is 10.6 Å². The lowest BCUT2D eigenvalue weighted by Gasteiger charge is -2.45. The van der Waals surface area contributed by atoms with Crippen molar-refractivity contribution in [2.75, 3.05) is 32.7 Å². The van der Waals surface area contributed by atoms with E-state index in [1.165, 1.54) is 0 Å². The van der Waals surface area contributed by atoms with Crippen molar-refractivity contribution in [2.24, 2.45) is 17.8 Å². The molecule has 3 atom stereocenters. The highest BCUT2D eigenvalue weighted by Gasteiger charge is 2.39. The van der Waals surface area contributed by atoms with Gasteiger partial charge in [-0.15, -0.1) is 12.4 Å². The second-order valence-electron chi connectivity index (χ2n) is 10.7. The van der Waals surface area contributed by atoms with Crippen molar-refractivity contribution in [3.63, 3.8) is 0 Å². The molecule has 0 spiro atoms. The van der Waals surface area contributed by atoms with Crippen molar-refractivity contribution in [1.29, 1.82) is 0 Å². The number of hydrogen-bond acceptors (Lipinski definition) is 4. The smallest absolute Gasteiger partial charge is 0.239 e. The summed E-state index contributed by atoms with van der Waals surface area (Å²) in [5.41, 5.74) is 2.25. The van der Waals surface area contributed by atoms with Gasteiger partial charge in [0.25, 0.3) is 0 Å². The van der Waals surface area contributed by atoms with E-state index in [0.717, 1.165) is 30.6 Å². The summed E-state index contributed by atoms with van der Waals surface area (Å²) in [7, 11) is 0. The number of phenolic OH excluding ortho intramolecular Hbond substituents is 1. The topological polar surface area (TPSA) is 113 Å². The molecule has 1 aliphatic rings. The van der Waals surface area contributed by atoms with Crippen LogP contribution in [0.5, 0.6) is 5.75 Å². The molecular formula is C29H44ClN3O4. The summed E-state index contributed by atoms with van der Waals surface area (Å²) in [6.07, 6.45) is 1.59. The average molecular weight is 534 g/mol. The van der Waals surface area contributed by atoms with E-state index in [1.54, 1.807) is 6.07 Å². The molecule has 7 nitrogen and oxygen atoms in total. The molecular weight excluding hydrogens is 490 g/mol. The van der Waals surface area contributed by atoms with Gasteiger partial charge in [-0.25, -0.2) is 0 Å². The number of likely N-dealkylation sites (tertiary alicyclic amines) is 1. The Morgan fingerprint density at radius 3 is 2.43 bits per heavy atom. The Bertz CT molecular complexity index is 988. The Morgan fingerprint density at radius 1 is 1.11 bits per heavy atom. The quantitative estimate of drug-likeness (QED) is 0.434. The normalized spacial score (nSPS) is 20.3. The Kier molecular flexibility index (Phi) is 13.1. The highest BCUT2D eigenvalue weighted by molar-refractivity contribution is 5.86. The van der Waals surface area contributed by atoms with Crippen molar-refractivity contribution >= 4 is 24.2 Å². The fourth-order valence-corrected chi connectivity index (χ4v) is 4.92. The summed E-state index contributed by atoms with van der Waals surface area (Å²) in [4.78, 5) is 27.7. The number of phenols is 1. The Hall–Kier alpha value is -2.61. The third-order valence-corrected chi connectivity index (χ3v) is 7.38. The van der Waals surface area contributed by atoms with Gasteiger partial charge in [-0.2, -0.15) is 0 Å². The predicted molar refractivity (Wildman–Crippen MR) is 151 cm³/mol. The number of hydrogen-bond donors (Lipinski definition) is 3. The van der Waals surface area contributed by atoms with Crippen LogP contribution in [0.1, 0.15) is 45.2 Å². The molecule has 1 fully saturated rings. The van der Waals surface area contributed by atoms with Crippen LogP contribution in [0.3, 0.4) is 0 Å². The standard InChI is InChI=1S/C29H41N3O3.ClH.H2O/c1-21(2)17-30-27(34)18-31-28(35)24(15-23-9-6-5-7-10-23)20-32-14-13-29(4,22(3)19-32)25-11-8-12-26(33)16-25;;/h5-12,16,21-22,24,33H,13-15,17-20H2,1-4H3,(H,30,34)(H,31,35);1H;1H2. The summed E-state index contributed by atoms with van der Waals surface area (Å²) >= 11 is 0. The molecule has 2 amide bonds. The molecule has 37 heavy (non-hydrogen) atoms. The maximum atomic E-state index is 13.2. The number of nitrogens with zero attached hydrogens (tertiary/aromatic N) is 1. The summed E-state index contributed by atoms with van der Waals surface area (Å²) in [5, 5.41) is 15.7. The van der Waals surface area contributed by atoms with Gasteiger partial charge in [-0.1, -0.05) is 70.2 Å². The molecule has 2 aromatic carbocycles. The molecule has 0 radical (unpaired) electrons. The van der Waals surface area contributed by atoms with Crippen LogP contribution in [0.2, 0.25) is 0 Å². The minimum atomic E-state index is -0.243. The zero-order chi connectivity index (χ0) is 25.4. The van der Waals surface area contributed by atoms with E-state index in [2.05, 4.69) is 35.4 Å². The van der Waals surface area contributed by atoms with Gasteiger partial charge in [-0.05, 0) is 59.9 Å². The lowest BCUT2D eigenvalue weighted by atomic mass is 9.68. The molecule has 206 valence electrons. The van der Waals surface area contributed by atoms with E-state index in [-0.39, 0.29) is 47.6 Å². The summed E-state index contributed by atoms with van der Waals surface area (Å²) < 4.78 is 0. The second kappa shape index (κ2) is 15.0. The highest BCUT2D eigenvalue weighted by Crippen LogP contribution is 2.40. The predicted octanol–water partition coefficient (Wildman–Crippen LogP) is 3.34. The van der Waals surface area contributed by atoms with Gasteiger partial charge < -0.3 is 26.1 Å². The van der Waals surface area contributed by atoms with Crippen LogP contribution in [0.25, 0.3) is 0 Å². The minimum Gasteiger partial charge on any atom is -0.508 e. The third kappa shape index (κ3) is 9.33. The van der Waals surface area contributed by atoms with E-state index in [9.17, 15) is 14.7 Å². The molecule has 8 heteroatoms. The number of benzene rings is 2. The SMILES string of the molecule is CC(C)CNC(=O)CNC(=O)C(Cc1ccccc1)CN1CCC(C)(c2cccc(O)c2)C(C)C1.Cl.O. The number of nitrogens with one attached hydrogen (secondary N) is 2. The highest BCUT2D eigenvalue weighted by atomic mass is 35.5. The van der Waals surface area contributed by atoms with Crippen LogP contribution >= 0.6 is 12.4 Å². The van der Waals surface area contributed by atoms with Crippen molar-refractivity contribution in [3.05, 3.63) is 65.7 Å². The molecule has 3 rings (SSSR count). The molecule has 0 aliphatic carbocycles. The first kappa shape index (κ1) is 32.4. The maximum absolute atomic E-state index is 13.2. The molecule has 0 bridgehead atoms. The molecule has 5 N–H and O–H groups in total. The molecule has 3 unspecified atom stereocenters. The maximum Gasteiger partial charge on any atom is 0.239 e. The lowest BCUT2D eigenvalue weighted by Crippen LogP contribution is -2.50. The zero-order valence-corrected chi connectivity index (χ0v) is 23.3. The Morgan fingerprint density at radius 2 is 1.81 bits per heavy atom. The minimum absolute atomic E-state index is 0. The number of rotatable bonds is 10. The van der Waals surface area contributed by atoms with Gasteiger partial charge >= 0.3 is 0 Å². The Balaban J connectivity index is 0.00000342. The third-order valence-electron chi connectivity index (χ3n) is 7.38. The first-order valence-electron chi connectivity index (χ1n) is 12.8. The van der Waals surface area contributed by atoms with Crippen molar-refractivity contribution in [3.8, 4) is 5.75 Å². The number of aromatic hydroxyl groups is 1. The van der Waals surface area contributed by atoms with Gasteiger partial charge in [0.1, 0.15) is 5.75 Å². The summed E-state index contributed by atoms with van der Waals surface area (Å²) in [6, 6.07) is 17.7. The van der Waals surface area contributed by atoms with Crippen molar-refractivity contribution in [1.82, 2.24) is 15.5 Å². The van der Waals surface area contributed by atoms with Gasteiger partial charge in [-0.3, -0.25) is 9.59 Å². The number of halogens is 1. The van der Waals surface area contributed by atoms with Crippen LogP contribution in [0, 0.1) is 17.8 Å². The largest absolute Gasteiger partial charge is 0.508 e. The van der Waals surface area contributed by atoms with E-state index in [1.807, 2.05) is 56.3 Å². The van der Waals surface area contributed by atoms with Crippen LogP contribution in [0.15, 0.2) is 54.6 Å². The van der Waals surface area contributed by atoms with Gasteiger partial charge in [0, 0.05) is 19.6 Å². The zero-order valence-electron chi connectivity index (χ0n) is 22.5. The molecule has 0 aromatic heterocycles. The number of piperidine rings is 1. The molecule has 0 saturated carbocycles. The molecule has 1 saturated heterocycles. The van der Waals surface area contributed by atoms with Crippen LogP contribution in [0.4, 0.5) is 0 Å². The van der Waals surface area contributed by atoms with Gasteiger partial charge in [0.2, 0.25) is 11.8 Å². The summed E-state index contributed by atoms with van der Waals surface area (Å²) in [6.45, 7) is 11.6. The first-order valence-corrected chi connectivity index (χ1v) is 12.8.